The number of hydrogen-bond acceptors (Lipinski definition) is 2. The SMILES string of the molecule is CC1(C)c2ccccc2-c2ccc(N(c3ccccc3)c3ccc4c(c3)c3ccccc3n4-c3cccc(-n4c5ccccc5c5cc(N(c6ccccc6)c6ccc7ccccc7c6)ccc54)c3)cc21. The van der Waals surface area contributed by atoms with Gasteiger partial charge in [-0.2, -0.15) is 0 Å². The summed E-state index contributed by atoms with van der Waals surface area (Å²) in [5, 5.41) is 7.28. The average molecular weight is 909 g/mol. The normalized spacial score (nSPS) is 12.8. The highest BCUT2D eigenvalue weighted by Gasteiger charge is 2.36. The van der Waals surface area contributed by atoms with Gasteiger partial charge in [-0.15, -0.1) is 0 Å². The summed E-state index contributed by atoms with van der Waals surface area (Å²) in [5.74, 6) is 0. The lowest BCUT2D eigenvalue weighted by atomic mass is 9.82. The van der Waals surface area contributed by atoms with Gasteiger partial charge in [0.2, 0.25) is 0 Å². The molecule has 0 fully saturated rings. The fraction of sp³-hybridized carbons (Fsp3) is 0.0448. The second-order valence-corrected chi connectivity index (χ2v) is 19.4. The van der Waals surface area contributed by atoms with Crippen LogP contribution in [-0.4, -0.2) is 9.13 Å². The molecule has 1 aliphatic rings. The summed E-state index contributed by atoms with van der Waals surface area (Å²) >= 11 is 0. The summed E-state index contributed by atoms with van der Waals surface area (Å²) in [4.78, 5) is 4.79. The van der Waals surface area contributed by atoms with Crippen LogP contribution in [0.5, 0.6) is 0 Å². The first kappa shape index (κ1) is 40.9. The van der Waals surface area contributed by atoms with Crippen molar-refractivity contribution in [3.8, 4) is 22.5 Å². The van der Waals surface area contributed by atoms with Crippen LogP contribution >= 0.6 is 0 Å². The van der Waals surface area contributed by atoms with Crippen molar-refractivity contribution >= 4 is 88.5 Å². The van der Waals surface area contributed by atoms with Gasteiger partial charge < -0.3 is 18.9 Å². The van der Waals surface area contributed by atoms with Crippen molar-refractivity contribution in [1.29, 1.82) is 0 Å². The second kappa shape index (κ2) is 16.0. The van der Waals surface area contributed by atoms with E-state index in [4.69, 9.17) is 0 Å². The van der Waals surface area contributed by atoms with Crippen LogP contribution in [0.3, 0.4) is 0 Å². The molecule has 0 aliphatic heterocycles. The lowest BCUT2D eigenvalue weighted by Crippen LogP contribution is -2.16. The number of anilines is 6. The van der Waals surface area contributed by atoms with Crippen molar-refractivity contribution in [1.82, 2.24) is 9.13 Å². The van der Waals surface area contributed by atoms with Crippen molar-refractivity contribution in [3.05, 3.63) is 266 Å². The summed E-state index contributed by atoms with van der Waals surface area (Å²) in [5.41, 5.74) is 18.9. The monoisotopic (exact) mass is 908 g/mol. The number of rotatable bonds is 8. The first-order chi connectivity index (χ1) is 35.0. The van der Waals surface area contributed by atoms with Crippen molar-refractivity contribution < 1.29 is 0 Å². The molecule has 0 radical (unpaired) electrons. The molecule has 14 rings (SSSR count). The Morgan fingerprint density at radius 3 is 1.35 bits per heavy atom. The minimum atomic E-state index is -0.111. The third kappa shape index (κ3) is 6.45. The van der Waals surface area contributed by atoms with Gasteiger partial charge in [-0.3, -0.25) is 0 Å². The number of para-hydroxylation sites is 4. The molecule has 0 saturated heterocycles. The Morgan fingerprint density at radius 2 is 0.732 bits per heavy atom. The van der Waals surface area contributed by atoms with Gasteiger partial charge in [0.1, 0.15) is 0 Å². The smallest absolute Gasteiger partial charge is 0.0542 e. The Balaban J connectivity index is 0.898. The molecular weight excluding hydrogens is 861 g/mol. The number of nitrogens with zero attached hydrogens (tertiary/aromatic N) is 4. The van der Waals surface area contributed by atoms with E-state index in [-0.39, 0.29) is 5.41 Å². The van der Waals surface area contributed by atoms with Crippen molar-refractivity contribution in [2.24, 2.45) is 0 Å². The van der Waals surface area contributed by atoms with Crippen LogP contribution in [0.25, 0.3) is 76.9 Å². The van der Waals surface area contributed by atoms with Crippen LogP contribution in [-0.2, 0) is 5.41 Å². The lowest BCUT2D eigenvalue weighted by Gasteiger charge is -2.28. The van der Waals surface area contributed by atoms with E-state index in [1.165, 1.54) is 65.6 Å². The maximum Gasteiger partial charge on any atom is 0.0542 e. The third-order valence-corrected chi connectivity index (χ3v) is 15.0. The van der Waals surface area contributed by atoms with E-state index in [2.05, 4.69) is 288 Å². The molecule has 336 valence electrons. The van der Waals surface area contributed by atoms with E-state index >= 15 is 0 Å². The van der Waals surface area contributed by atoms with E-state index in [9.17, 15) is 0 Å². The predicted molar refractivity (Wildman–Crippen MR) is 300 cm³/mol. The Labute approximate surface area is 413 Å². The molecule has 11 aromatic carbocycles. The molecule has 0 atom stereocenters. The van der Waals surface area contributed by atoms with E-state index < -0.39 is 0 Å². The van der Waals surface area contributed by atoms with Gasteiger partial charge in [0.25, 0.3) is 0 Å². The molecule has 0 amide bonds. The largest absolute Gasteiger partial charge is 0.310 e. The van der Waals surface area contributed by atoms with Crippen molar-refractivity contribution in [2.45, 2.75) is 19.3 Å². The topological polar surface area (TPSA) is 16.3 Å². The van der Waals surface area contributed by atoms with Crippen LogP contribution in [0, 0.1) is 0 Å². The highest BCUT2D eigenvalue weighted by Crippen LogP contribution is 2.51. The molecule has 4 nitrogen and oxygen atoms in total. The quantitative estimate of drug-likeness (QED) is 0.151. The molecule has 13 aromatic rings. The molecule has 4 heteroatoms. The zero-order valence-electron chi connectivity index (χ0n) is 39.5. The minimum absolute atomic E-state index is 0.111. The Hall–Kier alpha value is -9.12. The van der Waals surface area contributed by atoms with Crippen molar-refractivity contribution in [2.75, 3.05) is 9.80 Å². The van der Waals surface area contributed by atoms with Gasteiger partial charge in [0.15, 0.2) is 0 Å². The van der Waals surface area contributed by atoms with Gasteiger partial charge in [-0.05, 0) is 148 Å². The van der Waals surface area contributed by atoms with E-state index in [1.54, 1.807) is 0 Å². The van der Waals surface area contributed by atoms with Crippen molar-refractivity contribution in [3.63, 3.8) is 0 Å². The summed E-state index contributed by atoms with van der Waals surface area (Å²) in [7, 11) is 0. The van der Waals surface area contributed by atoms with Gasteiger partial charge in [0, 0.05) is 72.5 Å². The summed E-state index contributed by atoms with van der Waals surface area (Å²) < 4.78 is 4.87. The molecule has 0 bridgehead atoms. The summed E-state index contributed by atoms with van der Waals surface area (Å²) in [6.45, 7) is 4.71. The number of hydrogen-bond donors (Lipinski definition) is 0. The van der Waals surface area contributed by atoms with Gasteiger partial charge in [0.05, 0.1) is 22.1 Å². The zero-order valence-corrected chi connectivity index (χ0v) is 39.5. The molecule has 2 heterocycles. The molecular formula is C67H48N4. The van der Waals surface area contributed by atoms with Crippen LogP contribution < -0.4 is 9.80 Å². The second-order valence-electron chi connectivity index (χ2n) is 19.4. The highest BCUT2D eigenvalue weighted by atomic mass is 15.1. The maximum absolute atomic E-state index is 2.44. The number of benzene rings is 11. The van der Waals surface area contributed by atoms with Crippen LogP contribution in [0.15, 0.2) is 255 Å². The third-order valence-electron chi connectivity index (χ3n) is 15.0. The Morgan fingerprint density at radius 1 is 0.282 bits per heavy atom. The van der Waals surface area contributed by atoms with Crippen LogP contribution in [0.4, 0.5) is 34.1 Å². The average Bonchev–Trinajstić information content (AvgIpc) is 4.02. The van der Waals surface area contributed by atoms with E-state index in [1.807, 2.05) is 0 Å². The fourth-order valence-corrected chi connectivity index (χ4v) is 11.7. The predicted octanol–water partition coefficient (Wildman–Crippen LogP) is 18.3. The van der Waals surface area contributed by atoms with Gasteiger partial charge in [-0.1, -0.05) is 153 Å². The van der Waals surface area contributed by atoms with Gasteiger partial charge in [-0.25, -0.2) is 0 Å². The Kier molecular flexibility index (Phi) is 9.21. The molecule has 0 spiro atoms. The summed E-state index contributed by atoms with van der Waals surface area (Å²) in [6, 6.07) is 93.4. The molecule has 1 aliphatic carbocycles. The first-order valence-corrected chi connectivity index (χ1v) is 24.6. The Bertz CT molecular complexity index is 4220. The first-order valence-electron chi connectivity index (χ1n) is 24.6. The standard InChI is InChI=1S/C67H48N4/c1-67(2)61-29-14-11-26-55(61)56-37-34-54(44-62(56)67)69(48-22-7-4-8-23-48)53-36-39-66-60(43-53)58-28-13-16-31-64(58)71(66)50-25-17-24-49(41-50)70-63-30-15-12-27-57(63)59-42-52(35-38-65(59)70)68(47-20-5-3-6-21-47)51-33-32-45-18-9-10-19-46(45)40-51/h3-44H,1-2H3. The summed E-state index contributed by atoms with van der Waals surface area (Å²) in [6.07, 6.45) is 0. The van der Waals surface area contributed by atoms with E-state index in [0.29, 0.717) is 0 Å². The highest BCUT2D eigenvalue weighted by molar-refractivity contribution is 6.12. The fourth-order valence-electron chi connectivity index (χ4n) is 11.7. The molecule has 2 aromatic heterocycles. The molecule has 0 unspecified atom stereocenters. The van der Waals surface area contributed by atoms with Crippen LogP contribution in [0.2, 0.25) is 0 Å². The maximum atomic E-state index is 2.44. The molecule has 0 N–H and O–H groups in total. The lowest BCUT2D eigenvalue weighted by molar-refractivity contribution is 0.660. The van der Waals surface area contributed by atoms with Crippen LogP contribution in [0.1, 0.15) is 25.0 Å². The molecule has 71 heavy (non-hydrogen) atoms. The minimum Gasteiger partial charge on any atom is -0.310 e. The van der Waals surface area contributed by atoms with E-state index in [0.717, 1.165) is 56.5 Å². The molecule has 0 saturated carbocycles. The number of fused-ring (bicyclic) bond motifs is 10. The zero-order chi connectivity index (χ0) is 47.2. The van der Waals surface area contributed by atoms with Gasteiger partial charge >= 0.3 is 0 Å². The number of aromatic nitrogens is 2.